The number of carbonyl (C=O) groups excluding carboxylic acids is 1. The van der Waals surface area contributed by atoms with E-state index >= 15 is 0 Å². The van der Waals surface area contributed by atoms with Crippen molar-refractivity contribution in [2.75, 3.05) is 11.5 Å². The molecule has 0 N–H and O–H groups in total. The average molecular weight is 288 g/mol. The molecule has 1 aliphatic heterocycles. The Morgan fingerprint density at radius 2 is 1.74 bits per heavy atom. The first kappa shape index (κ1) is 13.1. The molecule has 0 unspecified atom stereocenters. The molecule has 1 saturated carbocycles. The molecule has 98 valence electrons. The van der Waals surface area contributed by atoms with Crippen LogP contribution in [0.15, 0.2) is 39.6 Å². The van der Waals surface area contributed by atoms with Crippen LogP contribution in [0.5, 0.6) is 0 Å². The summed E-state index contributed by atoms with van der Waals surface area (Å²) in [5, 5.41) is 0. The Balaban J connectivity index is 1.85. The maximum atomic E-state index is 12.4. The SMILES string of the molecule is Cc1ccc(/C=C2\CCC(=C3SCCS3)C2=O)cc1. The molecular weight excluding hydrogens is 272 g/mol. The highest BCUT2D eigenvalue weighted by atomic mass is 32.2. The van der Waals surface area contributed by atoms with Crippen molar-refractivity contribution in [3.05, 3.63) is 50.8 Å². The van der Waals surface area contributed by atoms with Crippen LogP contribution < -0.4 is 0 Å². The standard InChI is InChI=1S/C16H16OS2/c1-11-2-4-12(5-3-11)10-13-6-7-14(15(13)17)16-18-8-9-19-16/h2-5,10H,6-9H2,1H3/b13-10+. The smallest absolute Gasteiger partial charge is 0.186 e. The van der Waals surface area contributed by atoms with Gasteiger partial charge in [0.15, 0.2) is 5.78 Å². The third kappa shape index (κ3) is 2.82. The highest BCUT2D eigenvalue weighted by Gasteiger charge is 2.28. The molecule has 2 aliphatic rings. The first-order chi connectivity index (χ1) is 9.24. The first-order valence-electron chi connectivity index (χ1n) is 6.55. The Kier molecular flexibility index (Phi) is 3.85. The van der Waals surface area contributed by atoms with Gasteiger partial charge in [-0.2, -0.15) is 0 Å². The fourth-order valence-corrected chi connectivity index (χ4v) is 4.97. The van der Waals surface area contributed by atoms with E-state index in [4.69, 9.17) is 0 Å². The maximum Gasteiger partial charge on any atom is 0.186 e. The van der Waals surface area contributed by atoms with Gasteiger partial charge in [-0.3, -0.25) is 4.79 Å². The molecular formula is C16H16OS2. The number of thioether (sulfide) groups is 2. The van der Waals surface area contributed by atoms with Crippen LogP contribution in [0.2, 0.25) is 0 Å². The quantitative estimate of drug-likeness (QED) is 0.711. The summed E-state index contributed by atoms with van der Waals surface area (Å²) in [5.74, 6) is 2.57. The molecule has 0 amide bonds. The minimum atomic E-state index is 0.275. The molecule has 0 aromatic heterocycles. The van der Waals surface area contributed by atoms with Crippen LogP contribution in [-0.4, -0.2) is 17.3 Å². The Bertz CT molecular complexity index is 559. The fourth-order valence-electron chi connectivity index (χ4n) is 2.36. The lowest BCUT2D eigenvalue weighted by Gasteiger charge is -2.00. The van der Waals surface area contributed by atoms with E-state index in [1.807, 2.05) is 23.5 Å². The number of hydrogen-bond donors (Lipinski definition) is 0. The van der Waals surface area contributed by atoms with Crippen molar-refractivity contribution < 1.29 is 4.79 Å². The zero-order chi connectivity index (χ0) is 13.2. The normalized spacial score (nSPS) is 21.7. The Morgan fingerprint density at radius 1 is 1.05 bits per heavy atom. The van der Waals surface area contributed by atoms with Gasteiger partial charge in [0.2, 0.25) is 0 Å². The number of allylic oxidation sites excluding steroid dienone is 2. The lowest BCUT2D eigenvalue weighted by Crippen LogP contribution is -1.96. The highest BCUT2D eigenvalue weighted by Crippen LogP contribution is 2.43. The van der Waals surface area contributed by atoms with E-state index in [2.05, 4.69) is 37.3 Å². The molecule has 1 aromatic rings. The second-order valence-corrected chi connectivity index (χ2v) is 7.34. The number of Topliss-reactive ketones (excluding diaryl/α,β-unsaturated/α-hetero) is 1. The van der Waals surface area contributed by atoms with E-state index in [-0.39, 0.29) is 5.78 Å². The van der Waals surface area contributed by atoms with Crippen molar-refractivity contribution >= 4 is 35.4 Å². The van der Waals surface area contributed by atoms with E-state index in [1.165, 1.54) is 9.80 Å². The van der Waals surface area contributed by atoms with Gasteiger partial charge in [0.1, 0.15) is 0 Å². The van der Waals surface area contributed by atoms with Crippen LogP contribution >= 0.6 is 23.5 Å². The summed E-state index contributed by atoms with van der Waals surface area (Å²) < 4.78 is 1.28. The molecule has 0 bridgehead atoms. The van der Waals surface area contributed by atoms with Gasteiger partial charge >= 0.3 is 0 Å². The Morgan fingerprint density at radius 3 is 2.42 bits per heavy atom. The summed E-state index contributed by atoms with van der Waals surface area (Å²) in [6, 6.07) is 8.35. The summed E-state index contributed by atoms with van der Waals surface area (Å²) >= 11 is 3.70. The summed E-state index contributed by atoms with van der Waals surface area (Å²) in [6.45, 7) is 2.08. The van der Waals surface area contributed by atoms with Crippen LogP contribution in [0.3, 0.4) is 0 Å². The van der Waals surface area contributed by atoms with E-state index < -0.39 is 0 Å². The molecule has 3 rings (SSSR count). The van der Waals surface area contributed by atoms with E-state index in [0.717, 1.165) is 41.1 Å². The second-order valence-electron chi connectivity index (χ2n) is 4.87. The van der Waals surface area contributed by atoms with Gasteiger partial charge in [-0.05, 0) is 31.4 Å². The van der Waals surface area contributed by atoms with Gasteiger partial charge in [-0.1, -0.05) is 29.8 Å². The molecule has 0 spiro atoms. The largest absolute Gasteiger partial charge is 0.289 e. The molecule has 1 saturated heterocycles. The van der Waals surface area contributed by atoms with Crippen molar-refractivity contribution in [3.63, 3.8) is 0 Å². The number of carbonyl (C=O) groups is 1. The summed E-state index contributed by atoms with van der Waals surface area (Å²) in [6.07, 6.45) is 3.87. The van der Waals surface area contributed by atoms with Crippen LogP contribution in [0, 0.1) is 6.92 Å². The van der Waals surface area contributed by atoms with Crippen molar-refractivity contribution in [2.24, 2.45) is 0 Å². The Labute approximate surface area is 122 Å². The maximum absolute atomic E-state index is 12.4. The van der Waals surface area contributed by atoms with Crippen LogP contribution in [0.1, 0.15) is 24.0 Å². The lowest BCUT2D eigenvalue weighted by molar-refractivity contribution is -0.111. The van der Waals surface area contributed by atoms with Gasteiger partial charge in [-0.25, -0.2) is 0 Å². The molecule has 2 fully saturated rings. The summed E-state index contributed by atoms with van der Waals surface area (Å²) in [7, 11) is 0. The highest BCUT2D eigenvalue weighted by molar-refractivity contribution is 8.25. The third-order valence-electron chi connectivity index (χ3n) is 3.42. The van der Waals surface area contributed by atoms with Crippen LogP contribution in [0.25, 0.3) is 6.08 Å². The number of rotatable bonds is 1. The minimum Gasteiger partial charge on any atom is -0.289 e. The second kappa shape index (κ2) is 5.59. The summed E-state index contributed by atoms with van der Waals surface area (Å²) in [5.41, 5.74) is 4.42. The van der Waals surface area contributed by atoms with E-state index in [0.29, 0.717) is 0 Å². The van der Waals surface area contributed by atoms with Crippen molar-refractivity contribution in [2.45, 2.75) is 19.8 Å². The molecule has 19 heavy (non-hydrogen) atoms. The fraction of sp³-hybridized carbons (Fsp3) is 0.312. The van der Waals surface area contributed by atoms with Crippen LogP contribution in [0.4, 0.5) is 0 Å². The number of ketones is 1. The average Bonchev–Trinajstić information content (AvgIpc) is 3.03. The third-order valence-corrected chi connectivity index (χ3v) is 6.22. The molecule has 1 nitrogen and oxygen atoms in total. The molecule has 0 atom stereocenters. The topological polar surface area (TPSA) is 17.1 Å². The number of benzene rings is 1. The van der Waals surface area contributed by atoms with Crippen molar-refractivity contribution in [3.8, 4) is 0 Å². The van der Waals surface area contributed by atoms with Gasteiger partial charge in [-0.15, -0.1) is 23.5 Å². The number of hydrogen-bond acceptors (Lipinski definition) is 3. The zero-order valence-corrected chi connectivity index (χ0v) is 12.6. The molecule has 3 heteroatoms. The minimum absolute atomic E-state index is 0.275. The first-order valence-corrected chi connectivity index (χ1v) is 8.52. The zero-order valence-electron chi connectivity index (χ0n) is 10.9. The predicted octanol–water partition coefficient (Wildman–Crippen LogP) is 4.43. The van der Waals surface area contributed by atoms with Gasteiger partial charge in [0.05, 0.1) is 0 Å². The molecule has 1 aliphatic carbocycles. The van der Waals surface area contributed by atoms with Crippen molar-refractivity contribution in [1.29, 1.82) is 0 Å². The molecule has 1 aromatic carbocycles. The van der Waals surface area contributed by atoms with E-state index in [1.54, 1.807) is 0 Å². The van der Waals surface area contributed by atoms with Gasteiger partial charge in [0, 0.05) is 26.9 Å². The van der Waals surface area contributed by atoms with Gasteiger partial charge in [0.25, 0.3) is 0 Å². The molecule has 1 heterocycles. The van der Waals surface area contributed by atoms with Crippen molar-refractivity contribution in [1.82, 2.24) is 0 Å². The summed E-state index contributed by atoms with van der Waals surface area (Å²) in [4.78, 5) is 12.4. The predicted molar refractivity (Wildman–Crippen MR) is 85.3 cm³/mol. The monoisotopic (exact) mass is 288 g/mol. The Hall–Kier alpha value is -0.930. The lowest BCUT2D eigenvalue weighted by atomic mass is 10.1. The van der Waals surface area contributed by atoms with E-state index in [9.17, 15) is 4.79 Å². The van der Waals surface area contributed by atoms with Crippen LogP contribution in [-0.2, 0) is 4.79 Å². The van der Waals surface area contributed by atoms with Gasteiger partial charge < -0.3 is 0 Å². The molecule has 0 radical (unpaired) electrons. The number of aryl methyl sites for hydroxylation is 1.